The van der Waals surface area contributed by atoms with Crippen molar-refractivity contribution >= 4 is 33.1 Å². The Morgan fingerprint density at radius 2 is 2.00 bits per heavy atom. The van der Waals surface area contributed by atoms with Gasteiger partial charge in [0, 0.05) is 5.69 Å². The van der Waals surface area contributed by atoms with Crippen LogP contribution in [0.1, 0.15) is 0 Å². The maximum Gasteiger partial charge on any atom is 0.264 e. The Morgan fingerprint density at radius 1 is 1.26 bits per heavy atom. The lowest BCUT2D eigenvalue weighted by Crippen LogP contribution is -2.14. The first-order valence-electron chi connectivity index (χ1n) is 5.09. The van der Waals surface area contributed by atoms with Gasteiger partial charge >= 0.3 is 0 Å². The van der Waals surface area contributed by atoms with E-state index in [1.54, 1.807) is 0 Å². The Balaban J connectivity index is 2.38. The van der Waals surface area contributed by atoms with Crippen molar-refractivity contribution < 1.29 is 12.8 Å². The number of sulfonamides is 1. The first-order valence-corrected chi connectivity index (χ1v) is 6.95. The summed E-state index contributed by atoms with van der Waals surface area (Å²) in [4.78, 5) is 3.25. The molecule has 0 radical (unpaired) electrons. The summed E-state index contributed by atoms with van der Waals surface area (Å²) in [6.45, 7) is 0. The maximum atomic E-state index is 12.9. The van der Waals surface area contributed by atoms with Gasteiger partial charge in [-0.15, -0.1) is 0 Å². The van der Waals surface area contributed by atoms with Crippen LogP contribution in [0.15, 0.2) is 41.3 Å². The number of nitrogens with one attached hydrogen (secondary N) is 1. The molecule has 3 N–H and O–H groups in total. The number of aromatic nitrogens is 1. The standard InChI is InChI=1S/C11H9ClFN3O2S/c12-8-6-7(14)4-5-9(8)19(17,18)16-11-3-1-2-10(13)15-11/h1-6H,14H2,(H,15,16). The molecular weight excluding hydrogens is 293 g/mol. The Bertz CT molecular complexity index is 722. The maximum absolute atomic E-state index is 12.9. The summed E-state index contributed by atoms with van der Waals surface area (Å²) in [5, 5.41) is -0.0242. The molecule has 0 aliphatic carbocycles. The van der Waals surface area contributed by atoms with E-state index in [0.29, 0.717) is 5.69 Å². The van der Waals surface area contributed by atoms with E-state index >= 15 is 0 Å². The van der Waals surface area contributed by atoms with Crippen LogP contribution in [0.25, 0.3) is 0 Å². The second kappa shape index (κ2) is 5.02. The number of hydrogen-bond acceptors (Lipinski definition) is 4. The van der Waals surface area contributed by atoms with E-state index in [4.69, 9.17) is 17.3 Å². The minimum absolute atomic E-state index is 0.0242. The number of nitrogens with zero attached hydrogens (tertiary/aromatic N) is 1. The number of nitrogen functional groups attached to an aromatic ring is 1. The molecule has 1 aromatic carbocycles. The quantitative estimate of drug-likeness (QED) is 0.672. The Hall–Kier alpha value is -1.86. The van der Waals surface area contributed by atoms with E-state index in [1.165, 1.54) is 30.3 Å². The van der Waals surface area contributed by atoms with Gasteiger partial charge in [-0.2, -0.15) is 4.39 Å². The molecule has 0 bridgehead atoms. The molecule has 1 heterocycles. The van der Waals surface area contributed by atoms with E-state index in [-0.39, 0.29) is 15.7 Å². The van der Waals surface area contributed by atoms with Crippen molar-refractivity contribution in [3.05, 3.63) is 47.4 Å². The third-order valence-electron chi connectivity index (χ3n) is 2.20. The predicted octanol–water partition coefficient (Wildman–Crippen LogP) is 2.26. The molecule has 0 aliphatic rings. The lowest BCUT2D eigenvalue weighted by atomic mass is 10.3. The zero-order chi connectivity index (χ0) is 14.0. The first kappa shape index (κ1) is 13.6. The van der Waals surface area contributed by atoms with E-state index in [2.05, 4.69) is 9.71 Å². The van der Waals surface area contributed by atoms with Gasteiger partial charge in [-0.3, -0.25) is 4.72 Å². The van der Waals surface area contributed by atoms with Crippen molar-refractivity contribution in [1.29, 1.82) is 0 Å². The molecule has 0 saturated heterocycles. The largest absolute Gasteiger partial charge is 0.399 e. The number of benzene rings is 1. The highest BCUT2D eigenvalue weighted by Gasteiger charge is 2.18. The molecule has 0 unspecified atom stereocenters. The van der Waals surface area contributed by atoms with Crippen molar-refractivity contribution in [1.82, 2.24) is 4.98 Å². The monoisotopic (exact) mass is 301 g/mol. The lowest BCUT2D eigenvalue weighted by Gasteiger charge is -2.09. The van der Waals surface area contributed by atoms with E-state index < -0.39 is 16.0 Å². The minimum atomic E-state index is -3.94. The van der Waals surface area contributed by atoms with Crippen molar-refractivity contribution in [3.8, 4) is 0 Å². The molecule has 2 rings (SSSR count). The molecule has 5 nitrogen and oxygen atoms in total. The highest BCUT2D eigenvalue weighted by Crippen LogP contribution is 2.25. The van der Waals surface area contributed by atoms with Gasteiger partial charge in [0.25, 0.3) is 10.0 Å². The van der Waals surface area contributed by atoms with Gasteiger partial charge in [-0.05, 0) is 30.3 Å². The van der Waals surface area contributed by atoms with Crippen molar-refractivity contribution in [2.24, 2.45) is 0 Å². The number of rotatable bonds is 3. The van der Waals surface area contributed by atoms with Crippen LogP contribution in [0.4, 0.5) is 15.9 Å². The second-order valence-corrected chi connectivity index (χ2v) is 5.70. The fourth-order valence-corrected chi connectivity index (χ4v) is 2.95. The van der Waals surface area contributed by atoms with Gasteiger partial charge in [0.2, 0.25) is 5.95 Å². The van der Waals surface area contributed by atoms with Crippen LogP contribution in [-0.4, -0.2) is 13.4 Å². The highest BCUT2D eigenvalue weighted by molar-refractivity contribution is 7.92. The van der Waals surface area contributed by atoms with Gasteiger partial charge in [0.15, 0.2) is 0 Å². The first-order chi connectivity index (χ1) is 8.88. The van der Waals surface area contributed by atoms with Crippen LogP contribution in [-0.2, 0) is 10.0 Å². The number of nitrogens with two attached hydrogens (primary N) is 1. The van der Waals surface area contributed by atoms with E-state index in [0.717, 1.165) is 6.07 Å². The van der Waals surface area contributed by atoms with Crippen LogP contribution in [0, 0.1) is 5.95 Å². The lowest BCUT2D eigenvalue weighted by molar-refractivity contribution is 0.584. The van der Waals surface area contributed by atoms with Crippen LogP contribution < -0.4 is 10.5 Å². The van der Waals surface area contributed by atoms with E-state index in [1.807, 2.05) is 0 Å². The number of anilines is 2. The third kappa shape index (κ3) is 3.12. The number of hydrogen-bond donors (Lipinski definition) is 2. The van der Waals surface area contributed by atoms with Crippen LogP contribution >= 0.6 is 11.6 Å². The zero-order valence-electron chi connectivity index (χ0n) is 9.47. The molecule has 0 amide bonds. The molecule has 0 saturated carbocycles. The molecule has 0 aliphatic heterocycles. The van der Waals surface area contributed by atoms with Crippen LogP contribution in [0.2, 0.25) is 5.02 Å². The fraction of sp³-hybridized carbons (Fsp3) is 0. The van der Waals surface area contributed by atoms with Crippen molar-refractivity contribution in [2.45, 2.75) is 4.90 Å². The minimum Gasteiger partial charge on any atom is -0.399 e. The van der Waals surface area contributed by atoms with E-state index in [9.17, 15) is 12.8 Å². The van der Waals surface area contributed by atoms with Gasteiger partial charge < -0.3 is 5.73 Å². The summed E-state index contributed by atoms with van der Waals surface area (Å²) < 4.78 is 39.1. The molecule has 19 heavy (non-hydrogen) atoms. The molecular formula is C11H9ClFN3O2S. The molecule has 0 spiro atoms. The Morgan fingerprint density at radius 3 is 2.63 bits per heavy atom. The Kier molecular flexibility index (Phi) is 3.59. The molecule has 8 heteroatoms. The molecule has 0 fully saturated rings. The molecule has 100 valence electrons. The summed E-state index contributed by atoms with van der Waals surface area (Å²) in [5.41, 5.74) is 5.82. The Labute approximate surface area is 114 Å². The summed E-state index contributed by atoms with van der Waals surface area (Å²) in [6, 6.07) is 7.75. The molecule has 0 atom stereocenters. The van der Waals surface area contributed by atoms with Crippen molar-refractivity contribution in [3.63, 3.8) is 0 Å². The summed E-state index contributed by atoms with van der Waals surface area (Å²) in [5.74, 6) is -0.920. The van der Waals surface area contributed by atoms with Gasteiger partial charge in [-0.1, -0.05) is 17.7 Å². The van der Waals surface area contributed by atoms with Crippen molar-refractivity contribution in [2.75, 3.05) is 10.5 Å². The zero-order valence-corrected chi connectivity index (χ0v) is 11.0. The SMILES string of the molecule is Nc1ccc(S(=O)(=O)Nc2cccc(F)n2)c(Cl)c1. The summed E-state index contributed by atoms with van der Waals surface area (Å²) >= 11 is 5.82. The smallest absolute Gasteiger partial charge is 0.264 e. The van der Waals surface area contributed by atoms with Crippen LogP contribution in [0.3, 0.4) is 0 Å². The average Bonchev–Trinajstić information content (AvgIpc) is 2.27. The van der Waals surface area contributed by atoms with Gasteiger partial charge in [0.05, 0.1) is 5.02 Å². The van der Waals surface area contributed by atoms with Crippen LogP contribution in [0.5, 0.6) is 0 Å². The average molecular weight is 302 g/mol. The number of pyridine rings is 1. The molecule has 2 aromatic rings. The predicted molar refractivity (Wildman–Crippen MR) is 70.9 cm³/mol. The summed E-state index contributed by atoms with van der Waals surface area (Å²) in [7, 11) is -3.94. The van der Waals surface area contributed by atoms with Gasteiger partial charge in [-0.25, -0.2) is 13.4 Å². The fourth-order valence-electron chi connectivity index (χ4n) is 1.39. The second-order valence-electron chi connectivity index (χ2n) is 3.64. The molecule has 1 aromatic heterocycles. The number of halogens is 2. The summed E-state index contributed by atoms with van der Waals surface area (Å²) in [6.07, 6.45) is 0. The normalized spacial score (nSPS) is 11.3. The third-order valence-corrected chi connectivity index (χ3v) is 4.04. The van der Waals surface area contributed by atoms with Gasteiger partial charge in [0.1, 0.15) is 10.7 Å². The highest BCUT2D eigenvalue weighted by atomic mass is 35.5. The topological polar surface area (TPSA) is 85.1 Å².